The molecule has 0 unspecified atom stereocenters. The lowest BCUT2D eigenvalue weighted by molar-refractivity contribution is 0.298. The van der Waals surface area contributed by atoms with Crippen LogP contribution in [0.3, 0.4) is 0 Å². The molecule has 1 aromatic carbocycles. The number of rotatable bonds is 8. The molecule has 0 spiro atoms. The molecule has 0 saturated carbocycles. The predicted octanol–water partition coefficient (Wildman–Crippen LogP) is 3.23. The van der Waals surface area contributed by atoms with Crippen molar-refractivity contribution in [1.29, 1.82) is 0 Å². The van der Waals surface area contributed by atoms with Crippen molar-refractivity contribution in [2.24, 2.45) is 0 Å². The number of anilines is 1. The van der Waals surface area contributed by atoms with E-state index in [0.29, 0.717) is 37.3 Å². The second-order valence-electron chi connectivity index (χ2n) is 6.63. The molecule has 0 aliphatic rings. The van der Waals surface area contributed by atoms with Gasteiger partial charge in [-0.05, 0) is 12.6 Å². The van der Waals surface area contributed by atoms with Gasteiger partial charge in [0, 0.05) is 37.0 Å². The van der Waals surface area contributed by atoms with Gasteiger partial charge >= 0.3 is 0 Å². The molecule has 2 aromatic heterocycles. The molecule has 3 aromatic rings. The van der Waals surface area contributed by atoms with E-state index in [1.54, 1.807) is 0 Å². The van der Waals surface area contributed by atoms with Crippen LogP contribution in [0.25, 0.3) is 0 Å². The molecule has 26 heavy (non-hydrogen) atoms. The Kier molecular flexibility index (Phi) is 5.91. The first-order chi connectivity index (χ1) is 12.6. The van der Waals surface area contributed by atoms with Crippen LogP contribution in [0, 0.1) is 0 Å². The zero-order valence-electron chi connectivity index (χ0n) is 15.4. The maximum atomic E-state index is 5.24. The molecule has 0 fully saturated rings. The van der Waals surface area contributed by atoms with Gasteiger partial charge in [0.1, 0.15) is 0 Å². The van der Waals surface area contributed by atoms with Crippen molar-refractivity contribution in [2.75, 3.05) is 12.4 Å². The largest absolute Gasteiger partial charge is 0.350 e. The van der Waals surface area contributed by atoms with Crippen LogP contribution in [-0.2, 0) is 19.6 Å². The summed E-state index contributed by atoms with van der Waals surface area (Å²) in [5.74, 6) is 2.23. The highest BCUT2D eigenvalue weighted by molar-refractivity contribution is 5.27. The van der Waals surface area contributed by atoms with Gasteiger partial charge in [-0.15, -0.1) is 0 Å². The molecule has 7 nitrogen and oxygen atoms in total. The maximum absolute atomic E-state index is 5.24. The fourth-order valence-electron chi connectivity index (χ4n) is 2.48. The first kappa shape index (κ1) is 18.0. The minimum Gasteiger partial charge on any atom is -0.350 e. The molecule has 3 rings (SSSR count). The van der Waals surface area contributed by atoms with Crippen LogP contribution < -0.4 is 5.32 Å². The smallest absolute Gasteiger partial charge is 0.229 e. The fraction of sp³-hybridized carbons (Fsp3) is 0.368. The van der Waals surface area contributed by atoms with Crippen LogP contribution in [0.2, 0.25) is 0 Å². The Labute approximate surface area is 153 Å². The Hall–Kier alpha value is -2.80. The number of nitrogens with one attached hydrogen (secondary N) is 1. The molecule has 2 heterocycles. The minimum absolute atomic E-state index is 0.242. The number of hydrogen-bond acceptors (Lipinski definition) is 7. The summed E-state index contributed by atoms with van der Waals surface area (Å²) in [5.41, 5.74) is 2.23. The molecule has 0 amide bonds. The highest BCUT2D eigenvalue weighted by Crippen LogP contribution is 2.12. The predicted molar refractivity (Wildman–Crippen MR) is 99.4 cm³/mol. The fourth-order valence-corrected chi connectivity index (χ4v) is 2.48. The van der Waals surface area contributed by atoms with Crippen molar-refractivity contribution in [3.63, 3.8) is 0 Å². The summed E-state index contributed by atoms with van der Waals surface area (Å²) in [5, 5.41) is 7.24. The van der Waals surface area contributed by atoms with Gasteiger partial charge < -0.3 is 9.84 Å². The number of benzene rings is 1. The summed E-state index contributed by atoms with van der Waals surface area (Å²) >= 11 is 0. The van der Waals surface area contributed by atoms with E-state index in [4.69, 9.17) is 4.52 Å². The van der Waals surface area contributed by atoms with Gasteiger partial charge in [-0.2, -0.15) is 4.98 Å². The summed E-state index contributed by atoms with van der Waals surface area (Å²) in [6, 6.07) is 10.2. The molecular weight excluding hydrogens is 328 g/mol. The zero-order chi connectivity index (χ0) is 18.4. The number of nitrogens with zero attached hydrogens (tertiary/aromatic N) is 5. The first-order valence-electron chi connectivity index (χ1n) is 8.70. The summed E-state index contributed by atoms with van der Waals surface area (Å²) in [4.78, 5) is 15.3. The highest BCUT2D eigenvalue weighted by atomic mass is 16.5. The average molecular weight is 352 g/mol. The van der Waals surface area contributed by atoms with Gasteiger partial charge in [0.05, 0.1) is 6.54 Å². The van der Waals surface area contributed by atoms with E-state index in [1.165, 1.54) is 5.56 Å². The van der Waals surface area contributed by atoms with E-state index in [0.717, 1.165) is 5.56 Å². The van der Waals surface area contributed by atoms with Crippen molar-refractivity contribution >= 4 is 5.95 Å². The van der Waals surface area contributed by atoms with Crippen molar-refractivity contribution in [3.8, 4) is 0 Å². The molecule has 0 aliphatic carbocycles. The van der Waals surface area contributed by atoms with Crippen LogP contribution in [0.4, 0.5) is 5.95 Å². The molecular formula is C19H24N6O. The van der Waals surface area contributed by atoms with Gasteiger partial charge in [0.25, 0.3) is 0 Å². The molecule has 0 saturated heterocycles. The van der Waals surface area contributed by atoms with Crippen LogP contribution in [0.5, 0.6) is 0 Å². The summed E-state index contributed by atoms with van der Waals surface area (Å²) in [7, 11) is 2.01. The van der Waals surface area contributed by atoms with Gasteiger partial charge in [-0.3, -0.25) is 4.90 Å². The SMILES string of the molecule is CC(C)c1nc(CN(C)Cc2cnc(NCc3ccccc3)nc2)no1. The van der Waals surface area contributed by atoms with E-state index in [9.17, 15) is 0 Å². The molecule has 7 heteroatoms. The number of hydrogen-bond donors (Lipinski definition) is 1. The quantitative estimate of drug-likeness (QED) is 0.666. The second-order valence-corrected chi connectivity index (χ2v) is 6.63. The van der Waals surface area contributed by atoms with Crippen molar-refractivity contribution in [1.82, 2.24) is 25.0 Å². The third kappa shape index (κ3) is 5.10. The van der Waals surface area contributed by atoms with Gasteiger partial charge in [0.2, 0.25) is 11.8 Å². The Balaban J connectivity index is 1.50. The average Bonchev–Trinajstić information content (AvgIpc) is 3.11. The summed E-state index contributed by atoms with van der Waals surface area (Å²) in [6.45, 7) is 6.10. The molecule has 1 N–H and O–H groups in total. The molecule has 0 atom stereocenters. The van der Waals surface area contributed by atoms with Gasteiger partial charge in [0.15, 0.2) is 5.82 Å². The lowest BCUT2D eigenvalue weighted by atomic mass is 10.2. The van der Waals surface area contributed by atoms with Crippen LogP contribution in [0.15, 0.2) is 47.2 Å². The van der Waals surface area contributed by atoms with Crippen molar-refractivity contribution in [3.05, 3.63) is 65.6 Å². The first-order valence-corrected chi connectivity index (χ1v) is 8.70. The van der Waals surface area contributed by atoms with Crippen LogP contribution >= 0.6 is 0 Å². The van der Waals surface area contributed by atoms with E-state index < -0.39 is 0 Å². The Morgan fingerprint density at radius 2 is 1.77 bits per heavy atom. The normalized spacial score (nSPS) is 11.3. The van der Waals surface area contributed by atoms with Gasteiger partial charge in [-0.25, -0.2) is 9.97 Å². The van der Waals surface area contributed by atoms with Crippen molar-refractivity contribution in [2.45, 2.75) is 39.4 Å². The van der Waals surface area contributed by atoms with E-state index in [1.807, 2.05) is 51.5 Å². The Bertz CT molecular complexity index is 800. The third-order valence-electron chi connectivity index (χ3n) is 3.84. The highest BCUT2D eigenvalue weighted by Gasteiger charge is 2.12. The lowest BCUT2D eigenvalue weighted by Gasteiger charge is -2.14. The minimum atomic E-state index is 0.242. The molecule has 0 bridgehead atoms. The number of aromatic nitrogens is 4. The van der Waals surface area contributed by atoms with Crippen LogP contribution in [0.1, 0.15) is 42.6 Å². The van der Waals surface area contributed by atoms with Gasteiger partial charge in [-0.1, -0.05) is 49.3 Å². The lowest BCUT2D eigenvalue weighted by Crippen LogP contribution is -2.18. The Morgan fingerprint density at radius 1 is 1.04 bits per heavy atom. The third-order valence-corrected chi connectivity index (χ3v) is 3.84. The topological polar surface area (TPSA) is 80.0 Å². The monoisotopic (exact) mass is 352 g/mol. The molecule has 0 radical (unpaired) electrons. The van der Waals surface area contributed by atoms with E-state index in [2.05, 4.69) is 42.5 Å². The molecule has 136 valence electrons. The summed E-state index contributed by atoms with van der Waals surface area (Å²) in [6.07, 6.45) is 3.68. The summed E-state index contributed by atoms with van der Waals surface area (Å²) < 4.78 is 5.24. The maximum Gasteiger partial charge on any atom is 0.229 e. The second kappa shape index (κ2) is 8.53. The zero-order valence-corrected chi connectivity index (χ0v) is 15.4. The van der Waals surface area contributed by atoms with Crippen LogP contribution in [-0.4, -0.2) is 32.1 Å². The Morgan fingerprint density at radius 3 is 2.42 bits per heavy atom. The van der Waals surface area contributed by atoms with E-state index in [-0.39, 0.29) is 5.92 Å². The standard InChI is InChI=1S/C19H24N6O/c1-14(2)18-23-17(24-26-18)13-25(3)12-16-10-21-19(22-11-16)20-9-15-7-5-4-6-8-15/h4-8,10-11,14H,9,12-13H2,1-3H3,(H,20,21,22). The molecule has 0 aliphatic heterocycles. The van der Waals surface area contributed by atoms with Crippen molar-refractivity contribution < 1.29 is 4.52 Å². The van der Waals surface area contributed by atoms with E-state index >= 15 is 0 Å².